The van der Waals surface area contributed by atoms with E-state index in [9.17, 15) is 9.59 Å². The predicted molar refractivity (Wildman–Crippen MR) is 144 cm³/mol. The van der Waals surface area contributed by atoms with Gasteiger partial charge in [0.2, 0.25) is 5.91 Å². The maximum atomic E-state index is 13.1. The average Bonchev–Trinajstić information content (AvgIpc) is 3.41. The summed E-state index contributed by atoms with van der Waals surface area (Å²) in [5.41, 5.74) is 4.09. The quantitative estimate of drug-likeness (QED) is 0.381. The molecule has 3 heterocycles. The Morgan fingerprint density at radius 2 is 1.74 bits per heavy atom. The maximum absolute atomic E-state index is 13.1. The first-order valence-corrected chi connectivity index (χ1v) is 13.2. The fraction of sp³-hybridized carbons (Fsp3) is 0.269. The molecule has 2 aromatic heterocycles. The number of fused-ring (bicyclic) bond motifs is 1. The molecule has 2 amide bonds. The Kier molecular flexibility index (Phi) is 6.81. The first kappa shape index (κ1) is 23.5. The number of piperazine rings is 1. The summed E-state index contributed by atoms with van der Waals surface area (Å²) < 4.78 is 1.01. The van der Waals surface area contributed by atoms with E-state index in [1.165, 1.54) is 11.3 Å². The Bertz CT molecular complexity index is 1330. The van der Waals surface area contributed by atoms with Crippen LogP contribution in [0, 0.1) is 13.8 Å². The molecule has 5 rings (SSSR count). The largest absolute Gasteiger partial charge is 0.335 e. The highest BCUT2D eigenvalue weighted by Gasteiger charge is 2.25. The second kappa shape index (κ2) is 10.2. The van der Waals surface area contributed by atoms with Crippen LogP contribution in [0.4, 0.5) is 16.5 Å². The van der Waals surface area contributed by atoms with Crippen molar-refractivity contribution in [2.45, 2.75) is 13.8 Å². The van der Waals surface area contributed by atoms with Crippen LogP contribution in [-0.2, 0) is 4.79 Å². The number of nitrogens with zero attached hydrogens (tertiary/aromatic N) is 3. The lowest BCUT2D eigenvalue weighted by atomic mass is 10.1. The first-order chi connectivity index (χ1) is 17.0. The molecule has 2 N–H and O–H groups in total. The molecule has 35 heavy (non-hydrogen) atoms. The Hall–Kier alpha value is -3.27. The number of nitrogens with one attached hydrogen (secondary N) is 2. The van der Waals surface area contributed by atoms with Gasteiger partial charge in [-0.2, -0.15) is 0 Å². The molecule has 7 nitrogen and oxygen atoms in total. The molecule has 1 aliphatic rings. The van der Waals surface area contributed by atoms with Gasteiger partial charge in [0.05, 0.1) is 16.1 Å². The molecule has 2 aromatic carbocycles. The first-order valence-electron chi connectivity index (χ1n) is 11.6. The SMILES string of the molecule is Cc1cccc(NC(=O)CN2CCN(C(=O)c3cc4sc(Nc5ccccc5)nc4s3)CC2)c1C. The summed E-state index contributed by atoms with van der Waals surface area (Å²) in [6.45, 7) is 6.94. The van der Waals surface area contributed by atoms with Crippen LogP contribution < -0.4 is 10.6 Å². The fourth-order valence-electron chi connectivity index (χ4n) is 4.08. The number of benzene rings is 2. The van der Waals surface area contributed by atoms with Gasteiger partial charge in [0.15, 0.2) is 5.13 Å². The van der Waals surface area contributed by atoms with E-state index in [0.717, 1.165) is 37.2 Å². The average molecular weight is 506 g/mol. The highest BCUT2D eigenvalue weighted by Crippen LogP contribution is 2.34. The van der Waals surface area contributed by atoms with Gasteiger partial charge < -0.3 is 15.5 Å². The number of thiophene rings is 1. The van der Waals surface area contributed by atoms with Gasteiger partial charge in [0.25, 0.3) is 5.91 Å². The lowest BCUT2D eigenvalue weighted by Gasteiger charge is -2.34. The monoisotopic (exact) mass is 505 g/mol. The van der Waals surface area contributed by atoms with Gasteiger partial charge in [-0.1, -0.05) is 41.7 Å². The number of carbonyl (C=O) groups is 2. The number of aromatic nitrogens is 1. The third-order valence-electron chi connectivity index (χ3n) is 6.23. The second-order valence-corrected chi connectivity index (χ2v) is 10.7. The molecule has 180 valence electrons. The lowest BCUT2D eigenvalue weighted by molar-refractivity contribution is -0.117. The van der Waals surface area contributed by atoms with E-state index in [1.807, 2.05) is 73.3 Å². The third kappa shape index (κ3) is 5.37. The topological polar surface area (TPSA) is 77.6 Å². The van der Waals surface area contributed by atoms with E-state index in [-0.39, 0.29) is 11.8 Å². The maximum Gasteiger partial charge on any atom is 0.264 e. The van der Waals surface area contributed by atoms with Gasteiger partial charge in [0.1, 0.15) is 4.83 Å². The molecule has 0 aliphatic carbocycles. The van der Waals surface area contributed by atoms with E-state index >= 15 is 0 Å². The van der Waals surface area contributed by atoms with Crippen LogP contribution in [-0.4, -0.2) is 59.3 Å². The van der Waals surface area contributed by atoms with Crippen molar-refractivity contribution in [3.8, 4) is 0 Å². The molecule has 0 spiro atoms. The van der Waals surface area contributed by atoms with Crippen molar-refractivity contribution in [2.75, 3.05) is 43.4 Å². The molecule has 1 saturated heterocycles. The minimum absolute atomic E-state index is 0.0250. The Labute approximate surface area is 212 Å². The summed E-state index contributed by atoms with van der Waals surface area (Å²) in [5.74, 6) is 0.0141. The van der Waals surface area contributed by atoms with Crippen molar-refractivity contribution in [1.82, 2.24) is 14.8 Å². The highest BCUT2D eigenvalue weighted by molar-refractivity contribution is 7.29. The number of rotatable bonds is 6. The smallest absolute Gasteiger partial charge is 0.264 e. The molecule has 0 unspecified atom stereocenters. The number of para-hydroxylation sites is 1. The predicted octanol–water partition coefficient (Wildman–Crippen LogP) is 5.11. The second-order valence-electron chi connectivity index (χ2n) is 8.65. The van der Waals surface area contributed by atoms with Crippen LogP contribution in [0.1, 0.15) is 20.8 Å². The van der Waals surface area contributed by atoms with Crippen molar-refractivity contribution < 1.29 is 9.59 Å². The molecular formula is C26H27N5O2S2. The fourth-order valence-corrected chi connectivity index (χ4v) is 6.19. The van der Waals surface area contributed by atoms with E-state index in [2.05, 4.69) is 20.5 Å². The standard InChI is InChI=1S/C26H27N5O2S2/c1-17-7-6-10-20(18(17)2)28-23(32)16-30-11-13-31(14-12-30)25(33)22-15-21-24(34-22)29-26(35-21)27-19-8-4-3-5-9-19/h3-10,15H,11-14,16H2,1-2H3,(H,27,29)(H,28,32). The third-order valence-corrected chi connectivity index (χ3v) is 8.29. The number of thiazole rings is 1. The minimum atomic E-state index is -0.0250. The number of hydrogen-bond acceptors (Lipinski definition) is 7. The molecular weight excluding hydrogens is 478 g/mol. The number of carbonyl (C=O) groups excluding carboxylic acids is 2. The highest BCUT2D eigenvalue weighted by atomic mass is 32.1. The summed E-state index contributed by atoms with van der Waals surface area (Å²) in [4.78, 5) is 35.8. The Morgan fingerprint density at radius 3 is 2.49 bits per heavy atom. The molecule has 9 heteroatoms. The number of amides is 2. The van der Waals surface area contributed by atoms with E-state index in [4.69, 9.17) is 0 Å². The van der Waals surface area contributed by atoms with Gasteiger partial charge >= 0.3 is 0 Å². The molecule has 0 saturated carbocycles. The van der Waals surface area contributed by atoms with E-state index in [0.29, 0.717) is 37.6 Å². The zero-order valence-electron chi connectivity index (χ0n) is 19.7. The van der Waals surface area contributed by atoms with Crippen LogP contribution in [0.25, 0.3) is 9.53 Å². The van der Waals surface area contributed by atoms with Crippen LogP contribution in [0.2, 0.25) is 0 Å². The van der Waals surface area contributed by atoms with E-state index < -0.39 is 0 Å². The van der Waals surface area contributed by atoms with Crippen LogP contribution in [0.15, 0.2) is 54.6 Å². The summed E-state index contributed by atoms with van der Waals surface area (Å²) in [6.07, 6.45) is 0. The number of hydrogen-bond donors (Lipinski definition) is 2. The molecule has 4 aromatic rings. The van der Waals surface area contributed by atoms with Crippen molar-refractivity contribution in [1.29, 1.82) is 0 Å². The van der Waals surface area contributed by atoms with Gasteiger partial charge in [-0.3, -0.25) is 14.5 Å². The van der Waals surface area contributed by atoms with Crippen LogP contribution in [0.5, 0.6) is 0 Å². The molecule has 0 atom stereocenters. The lowest BCUT2D eigenvalue weighted by Crippen LogP contribution is -2.50. The van der Waals surface area contributed by atoms with Gasteiger partial charge in [-0.05, 0) is 49.2 Å². The van der Waals surface area contributed by atoms with Crippen molar-refractivity contribution >= 4 is 60.5 Å². The summed E-state index contributed by atoms with van der Waals surface area (Å²) >= 11 is 2.99. The van der Waals surface area contributed by atoms with Gasteiger partial charge in [-0.15, -0.1) is 11.3 Å². The molecule has 1 fully saturated rings. The Balaban J connectivity index is 1.14. The zero-order chi connectivity index (χ0) is 24.4. The van der Waals surface area contributed by atoms with Gasteiger partial charge in [-0.25, -0.2) is 4.98 Å². The number of aryl methyl sites for hydroxylation is 1. The molecule has 0 radical (unpaired) electrons. The normalized spacial score (nSPS) is 14.3. The van der Waals surface area contributed by atoms with Crippen molar-refractivity contribution in [3.05, 3.63) is 70.6 Å². The molecule has 1 aliphatic heterocycles. The van der Waals surface area contributed by atoms with Crippen molar-refractivity contribution in [3.63, 3.8) is 0 Å². The summed E-state index contributed by atoms with van der Waals surface area (Å²) in [5, 5.41) is 7.16. The Morgan fingerprint density at radius 1 is 0.971 bits per heavy atom. The number of anilines is 3. The van der Waals surface area contributed by atoms with Crippen LogP contribution in [0.3, 0.4) is 0 Å². The zero-order valence-corrected chi connectivity index (χ0v) is 21.3. The minimum Gasteiger partial charge on any atom is -0.335 e. The summed E-state index contributed by atoms with van der Waals surface area (Å²) in [6, 6.07) is 17.8. The van der Waals surface area contributed by atoms with Crippen molar-refractivity contribution in [2.24, 2.45) is 0 Å². The van der Waals surface area contributed by atoms with E-state index in [1.54, 1.807) is 11.3 Å². The summed E-state index contributed by atoms with van der Waals surface area (Å²) in [7, 11) is 0. The van der Waals surface area contributed by atoms with Crippen LogP contribution >= 0.6 is 22.7 Å². The molecule has 0 bridgehead atoms. The van der Waals surface area contributed by atoms with Gasteiger partial charge in [0, 0.05) is 37.6 Å².